The molecule has 0 unspecified atom stereocenters. The molecule has 1 fully saturated rings. The van der Waals surface area contributed by atoms with Crippen LogP contribution >= 0.6 is 0 Å². The van der Waals surface area contributed by atoms with Crippen molar-refractivity contribution in [3.8, 4) is 0 Å². The second-order valence-corrected chi connectivity index (χ2v) is 5.28. The topological polar surface area (TPSA) is 62.3 Å². The van der Waals surface area contributed by atoms with Crippen LogP contribution in [0.3, 0.4) is 0 Å². The fourth-order valence-electron chi connectivity index (χ4n) is 2.51. The first kappa shape index (κ1) is 14.3. The third-order valence-electron chi connectivity index (χ3n) is 3.67. The molecule has 22 heavy (non-hydrogen) atoms. The Kier molecular flexibility index (Phi) is 4.14. The molecule has 0 spiro atoms. The highest BCUT2D eigenvalue weighted by Gasteiger charge is 2.20. The van der Waals surface area contributed by atoms with Gasteiger partial charge in [-0.1, -0.05) is 18.2 Å². The van der Waals surface area contributed by atoms with Crippen LogP contribution in [0.4, 0.5) is 5.69 Å². The van der Waals surface area contributed by atoms with Crippen LogP contribution in [0.5, 0.6) is 0 Å². The second kappa shape index (κ2) is 6.39. The first-order valence-electron chi connectivity index (χ1n) is 7.35. The number of rotatable bonds is 3. The van der Waals surface area contributed by atoms with Gasteiger partial charge in [0.05, 0.1) is 11.1 Å². The minimum Gasteiger partial charge on any atom is -0.339 e. The van der Waals surface area contributed by atoms with E-state index in [0.29, 0.717) is 16.8 Å². The highest BCUT2D eigenvalue weighted by molar-refractivity contribution is 6.05. The molecule has 2 aromatic rings. The van der Waals surface area contributed by atoms with Gasteiger partial charge >= 0.3 is 0 Å². The molecule has 1 aliphatic rings. The lowest BCUT2D eigenvalue weighted by molar-refractivity contribution is 0.0792. The Labute approximate surface area is 129 Å². The number of pyridine rings is 1. The van der Waals surface area contributed by atoms with Gasteiger partial charge in [-0.25, -0.2) is 0 Å². The second-order valence-electron chi connectivity index (χ2n) is 5.28. The molecule has 0 aliphatic carbocycles. The van der Waals surface area contributed by atoms with Crippen molar-refractivity contribution in [3.05, 3.63) is 59.9 Å². The number of carbonyl (C=O) groups is 2. The van der Waals surface area contributed by atoms with E-state index in [1.165, 1.54) is 12.4 Å². The molecule has 5 nitrogen and oxygen atoms in total. The summed E-state index contributed by atoms with van der Waals surface area (Å²) in [6.45, 7) is 1.55. The normalized spacial score (nSPS) is 13.9. The Morgan fingerprint density at radius 2 is 1.68 bits per heavy atom. The molecule has 1 saturated heterocycles. The standard InChI is InChI=1S/C17H17N3O2/c21-16(19-15-6-2-1-3-7-15)13-10-14(12-18-11-13)17(22)20-8-4-5-9-20/h1-3,6-7,10-12H,4-5,8-9H2,(H,19,21). The van der Waals surface area contributed by atoms with Crippen molar-refractivity contribution in [3.63, 3.8) is 0 Å². The molecule has 0 bridgehead atoms. The highest BCUT2D eigenvalue weighted by atomic mass is 16.2. The smallest absolute Gasteiger partial charge is 0.257 e. The third-order valence-corrected chi connectivity index (χ3v) is 3.67. The summed E-state index contributed by atoms with van der Waals surface area (Å²) in [7, 11) is 0. The van der Waals surface area contributed by atoms with Gasteiger partial charge in [0.15, 0.2) is 0 Å². The zero-order chi connectivity index (χ0) is 15.4. The van der Waals surface area contributed by atoms with Crippen molar-refractivity contribution in [1.82, 2.24) is 9.88 Å². The van der Waals surface area contributed by atoms with E-state index in [-0.39, 0.29) is 11.8 Å². The minimum absolute atomic E-state index is 0.0561. The number of amides is 2. The van der Waals surface area contributed by atoms with Crippen molar-refractivity contribution < 1.29 is 9.59 Å². The van der Waals surface area contributed by atoms with Gasteiger partial charge in [0.2, 0.25) is 0 Å². The van der Waals surface area contributed by atoms with Crippen LogP contribution in [0, 0.1) is 0 Å². The number of aromatic nitrogens is 1. The number of nitrogens with one attached hydrogen (secondary N) is 1. The zero-order valence-corrected chi connectivity index (χ0v) is 12.2. The van der Waals surface area contributed by atoms with Crippen molar-refractivity contribution >= 4 is 17.5 Å². The van der Waals surface area contributed by atoms with Crippen molar-refractivity contribution in [2.45, 2.75) is 12.8 Å². The number of para-hydroxylation sites is 1. The predicted octanol–water partition coefficient (Wildman–Crippen LogP) is 2.57. The lowest BCUT2D eigenvalue weighted by atomic mass is 10.1. The molecule has 112 valence electrons. The molecule has 3 rings (SSSR count). The Morgan fingerprint density at radius 3 is 2.41 bits per heavy atom. The summed E-state index contributed by atoms with van der Waals surface area (Å²) in [5, 5.41) is 2.79. The Hall–Kier alpha value is -2.69. The molecule has 0 saturated carbocycles. The summed E-state index contributed by atoms with van der Waals surface area (Å²) in [6.07, 6.45) is 5.06. The van der Waals surface area contributed by atoms with E-state index >= 15 is 0 Å². The van der Waals surface area contributed by atoms with Gasteiger partial charge in [-0.3, -0.25) is 14.6 Å². The maximum absolute atomic E-state index is 12.3. The number of hydrogen-bond acceptors (Lipinski definition) is 3. The first-order chi connectivity index (χ1) is 10.7. The van der Waals surface area contributed by atoms with Crippen LogP contribution in [0.1, 0.15) is 33.6 Å². The fourth-order valence-corrected chi connectivity index (χ4v) is 2.51. The molecular formula is C17H17N3O2. The number of carbonyl (C=O) groups excluding carboxylic acids is 2. The van der Waals surface area contributed by atoms with Crippen molar-refractivity contribution in [2.24, 2.45) is 0 Å². The summed E-state index contributed by atoms with van der Waals surface area (Å²) in [6, 6.07) is 10.8. The Bertz CT molecular complexity index is 679. The molecular weight excluding hydrogens is 278 g/mol. The van der Waals surface area contributed by atoms with Crippen molar-refractivity contribution in [2.75, 3.05) is 18.4 Å². The number of benzene rings is 1. The summed E-state index contributed by atoms with van der Waals surface area (Å²) in [4.78, 5) is 30.4. The maximum Gasteiger partial charge on any atom is 0.257 e. The first-order valence-corrected chi connectivity index (χ1v) is 7.35. The van der Waals surface area contributed by atoms with Gasteiger partial charge in [-0.2, -0.15) is 0 Å². The van der Waals surface area contributed by atoms with E-state index in [1.807, 2.05) is 30.3 Å². The number of likely N-dealkylation sites (tertiary alicyclic amines) is 1. The summed E-state index contributed by atoms with van der Waals surface area (Å²) < 4.78 is 0. The molecule has 1 aromatic heterocycles. The lowest BCUT2D eigenvalue weighted by Gasteiger charge is -2.15. The van der Waals surface area contributed by atoms with Crippen LogP contribution in [-0.4, -0.2) is 34.8 Å². The predicted molar refractivity (Wildman–Crippen MR) is 83.8 cm³/mol. The summed E-state index contributed by atoms with van der Waals surface area (Å²) in [5.74, 6) is -0.325. The molecule has 0 radical (unpaired) electrons. The van der Waals surface area contributed by atoms with Gasteiger partial charge in [-0.05, 0) is 31.0 Å². The molecule has 2 amide bonds. The average molecular weight is 295 g/mol. The fraction of sp³-hybridized carbons (Fsp3) is 0.235. The molecule has 0 atom stereocenters. The monoisotopic (exact) mass is 295 g/mol. The van der Waals surface area contributed by atoms with Gasteiger partial charge in [0.1, 0.15) is 0 Å². The Morgan fingerprint density at radius 1 is 1.00 bits per heavy atom. The lowest BCUT2D eigenvalue weighted by Crippen LogP contribution is -2.28. The zero-order valence-electron chi connectivity index (χ0n) is 12.2. The SMILES string of the molecule is O=C(Nc1ccccc1)c1cncc(C(=O)N2CCCC2)c1. The van der Waals surface area contributed by atoms with Gasteiger partial charge in [0.25, 0.3) is 11.8 Å². The molecule has 1 aromatic carbocycles. The van der Waals surface area contributed by atoms with Crippen LogP contribution in [0.2, 0.25) is 0 Å². The Balaban J connectivity index is 1.75. The number of nitrogens with zero attached hydrogens (tertiary/aromatic N) is 2. The van der Waals surface area contributed by atoms with E-state index in [1.54, 1.807) is 11.0 Å². The quantitative estimate of drug-likeness (QED) is 0.946. The minimum atomic E-state index is -0.269. The van der Waals surface area contributed by atoms with Gasteiger partial charge < -0.3 is 10.2 Å². The molecule has 5 heteroatoms. The molecule has 2 heterocycles. The van der Waals surface area contributed by atoms with E-state index < -0.39 is 0 Å². The van der Waals surface area contributed by atoms with Gasteiger partial charge in [-0.15, -0.1) is 0 Å². The summed E-state index contributed by atoms with van der Waals surface area (Å²) in [5.41, 5.74) is 1.56. The van der Waals surface area contributed by atoms with Crippen LogP contribution in [0.25, 0.3) is 0 Å². The van der Waals surface area contributed by atoms with E-state index in [0.717, 1.165) is 25.9 Å². The van der Waals surface area contributed by atoms with Crippen LogP contribution in [0.15, 0.2) is 48.8 Å². The largest absolute Gasteiger partial charge is 0.339 e. The molecule has 1 aliphatic heterocycles. The van der Waals surface area contributed by atoms with Crippen LogP contribution < -0.4 is 5.32 Å². The van der Waals surface area contributed by atoms with Crippen LogP contribution in [-0.2, 0) is 0 Å². The number of hydrogen-bond donors (Lipinski definition) is 1. The van der Waals surface area contributed by atoms with Gasteiger partial charge in [0, 0.05) is 31.2 Å². The average Bonchev–Trinajstić information content (AvgIpc) is 3.09. The van der Waals surface area contributed by atoms with E-state index in [2.05, 4.69) is 10.3 Å². The number of anilines is 1. The van der Waals surface area contributed by atoms with Crippen molar-refractivity contribution in [1.29, 1.82) is 0 Å². The highest BCUT2D eigenvalue weighted by Crippen LogP contribution is 2.14. The summed E-state index contributed by atoms with van der Waals surface area (Å²) >= 11 is 0. The maximum atomic E-state index is 12.3. The molecule has 1 N–H and O–H groups in total. The van der Waals surface area contributed by atoms with E-state index in [9.17, 15) is 9.59 Å². The third kappa shape index (κ3) is 3.14. The van der Waals surface area contributed by atoms with E-state index in [4.69, 9.17) is 0 Å².